The van der Waals surface area contributed by atoms with E-state index in [2.05, 4.69) is 21.2 Å². The predicted octanol–water partition coefficient (Wildman–Crippen LogP) is 3.14. The van der Waals surface area contributed by atoms with E-state index in [1.165, 1.54) is 10.6 Å². The molecule has 1 atom stereocenters. The number of rotatable bonds is 4. The van der Waals surface area contributed by atoms with E-state index in [1.807, 2.05) is 19.1 Å². The summed E-state index contributed by atoms with van der Waals surface area (Å²) in [5.74, 6) is -0.224. The lowest BCUT2D eigenvalue weighted by molar-refractivity contribution is -0.122. The van der Waals surface area contributed by atoms with E-state index in [0.717, 1.165) is 10.0 Å². The fourth-order valence-electron chi connectivity index (χ4n) is 1.90. The maximum absolute atomic E-state index is 12.0. The van der Waals surface area contributed by atoms with E-state index < -0.39 is 0 Å². The minimum atomic E-state index is -0.224. The van der Waals surface area contributed by atoms with Gasteiger partial charge in [0.15, 0.2) is 0 Å². The van der Waals surface area contributed by atoms with Crippen LogP contribution < -0.4 is 10.9 Å². The Balaban J connectivity index is 2.03. The normalized spacial score (nSPS) is 12.0. The molecule has 0 aliphatic rings. The number of pyridine rings is 1. The number of carbonyl (C=O) groups excluding carboxylic acids is 1. The van der Waals surface area contributed by atoms with Gasteiger partial charge in [-0.3, -0.25) is 9.59 Å². The van der Waals surface area contributed by atoms with E-state index in [1.54, 1.807) is 24.4 Å². The smallest absolute Gasteiger partial charge is 0.251 e. The summed E-state index contributed by atoms with van der Waals surface area (Å²) in [5, 5.41) is 3.50. The zero-order chi connectivity index (χ0) is 15.4. The second kappa shape index (κ2) is 6.91. The summed E-state index contributed by atoms with van der Waals surface area (Å²) in [6.07, 6.45) is 1.59. The number of nitrogens with zero attached hydrogens (tertiary/aromatic N) is 1. The molecule has 4 nitrogen and oxygen atoms in total. The zero-order valence-electron chi connectivity index (χ0n) is 11.3. The van der Waals surface area contributed by atoms with Crippen LogP contribution >= 0.6 is 27.5 Å². The summed E-state index contributed by atoms with van der Waals surface area (Å²) in [4.78, 5) is 23.7. The first-order valence-corrected chi connectivity index (χ1v) is 7.53. The average Bonchev–Trinajstić information content (AvgIpc) is 2.43. The highest BCUT2D eigenvalue weighted by atomic mass is 79.9. The Bertz CT molecular complexity index is 698. The van der Waals surface area contributed by atoms with Gasteiger partial charge in [0.05, 0.1) is 6.04 Å². The second-order valence-electron chi connectivity index (χ2n) is 4.65. The van der Waals surface area contributed by atoms with E-state index in [0.29, 0.717) is 5.02 Å². The van der Waals surface area contributed by atoms with Crippen LogP contribution in [-0.2, 0) is 11.3 Å². The van der Waals surface area contributed by atoms with E-state index >= 15 is 0 Å². The third-order valence-electron chi connectivity index (χ3n) is 3.01. The fraction of sp³-hybridized carbons (Fsp3) is 0.200. The number of hydrogen-bond donors (Lipinski definition) is 1. The largest absolute Gasteiger partial charge is 0.348 e. The first-order chi connectivity index (χ1) is 9.95. The van der Waals surface area contributed by atoms with Gasteiger partial charge in [-0.15, -0.1) is 0 Å². The van der Waals surface area contributed by atoms with Crippen LogP contribution in [0.4, 0.5) is 0 Å². The van der Waals surface area contributed by atoms with Crippen molar-refractivity contribution in [2.75, 3.05) is 0 Å². The summed E-state index contributed by atoms with van der Waals surface area (Å²) in [7, 11) is 0. The monoisotopic (exact) mass is 368 g/mol. The average molecular weight is 370 g/mol. The third kappa shape index (κ3) is 4.44. The van der Waals surface area contributed by atoms with Crippen LogP contribution in [0.5, 0.6) is 0 Å². The van der Waals surface area contributed by atoms with Crippen LogP contribution in [-0.4, -0.2) is 10.5 Å². The van der Waals surface area contributed by atoms with Gasteiger partial charge in [-0.05, 0) is 46.6 Å². The number of halogens is 2. The third-order valence-corrected chi connectivity index (χ3v) is 3.73. The van der Waals surface area contributed by atoms with Crippen molar-refractivity contribution in [3.05, 3.63) is 68.0 Å². The number of amides is 1. The molecular formula is C15H14BrClN2O2. The van der Waals surface area contributed by atoms with Gasteiger partial charge in [0.25, 0.3) is 5.56 Å². The van der Waals surface area contributed by atoms with Crippen molar-refractivity contribution < 1.29 is 4.79 Å². The molecule has 2 rings (SSSR count). The molecule has 1 aromatic heterocycles. The standard InChI is InChI=1S/C15H14BrClN2O2/c1-10(11-2-5-13(17)6-3-11)18-14(20)9-19-8-12(16)4-7-15(19)21/h2-8,10H,9H2,1H3,(H,18,20). The molecule has 0 aliphatic heterocycles. The molecule has 1 N–H and O–H groups in total. The van der Waals surface area contributed by atoms with Crippen molar-refractivity contribution in [3.8, 4) is 0 Å². The van der Waals surface area contributed by atoms with Crippen molar-refractivity contribution in [3.63, 3.8) is 0 Å². The van der Waals surface area contributed by atoms with E-state index in [4.69, 9.17) is 11.6 Å². The molecule has 0 spiro atoms. The van der Waals surface area contributed by atoms with Gasteiger partial charge in [0.2, 0.25) is 5.91 Å². The molecule has 0 aliphatic carbocycles. The molecule has 0 radical (unpaired) electrons. The highest BCUT2D eigenvalue weighted by molar-refractivity contribution is 9.10. The summed E-state index contributed by atoms with van der Waals surface area (Å²) in [5.41, 5.74) is 0.738. The highest BCUT2D eigenvalue weighted by Crippen LogP contribution is 2.16. The molecule has 0 saturated carbocycles. The Kier molecular flexibility index (Phi) is 5.20. The molecule has 0 saturated heterocycles. The SMILES string of the molecule is CC(NC(=O)Cn1cc(Br)ccc1=O)c1ccc(Cl)cc1. The van der Waals surface area contributed by atoms with Crippen LogP contribution in [0.25, 0.3) is 0 Å². The molecule has 110 valence electrons. The van der Waals surface area contributed by atoms with Crippen molar-refractivity contribution in [1.29, 1.82) is 0 Å². The number of aromatic nitrogens is 1. The number of benzene rings is 1. The number of nitrogens with one attached hydrogen (secondary N) is 1. The summed E-state index contributed by atoms with van der Waals surface area (Å²) >= 11 is 9.11. The second-order valence-corrected chi connectivity index (χ2v) is 6.01. The molecule has 0 fully saturated rings. The maximum atomic E-state index is 12.0. The van der Waals surface area contributed by atoms with Gasteiger partial charge in [-0.2, -0.15) is 0 Å². The molecule has 6 heteroatoms. The van der Waals surface area contributed by atoms with E-state index in [9.17, 15) is 9.59 Å². The molecule has 1 aromatic carbocycles. The zero-order valence-corrected chi connectivity index (χ0v) is 13.7. The van der Waals surface area contributed by atoms with Gasteiger partial charge in [-0.1, -0.05) is 23.7 Å². The fourth-order valence-corrected chi connectivity index (χ4v) is 2.41. The molecule has 21 heavy (non-hydrogen) atoms. The minimum Gasteiger partial charge on any atom is -0.348 e. The molecule has 2 aromatic rings. The van der Waals surface area contributed by atoms with Gasteiger partial charge in [-0.25, -0.2) is 0 Å². The van der Waals surface area contributed by atoms with Crippen molar-refractivity contribution in [2.45, 2.75) is 19.5 Å². The van der Waals surface area contributed by atoms with Gasteiger partial charge in [0.1, 0.15) is 6.54 Å². The Morgan fingerprint density at radius 3 is 2.62 bits per heavy atom. The Morgan fingerprint density at radius 1 is 1.29 bits per heavy atom. The topological polar surface area (TPSA) is 51.1 Å². The van der Waals surface area contributed by atoms with Crippen LogP contribution in [0, 0.1) is 0 Å². The Labute approximate surface area is 135 Å². The maximum Gasteiger partial charge on any atom is 0.251 e. The highest BCUT2D eigenvalue weighted by Gasteiger charge is 2.10. The molecule has 1 amide bonds. The van der Waals surface area contributed by atoms with Crippen molar-refractivity contribution in [2.24, 2.45) is 0 Å². The van der Waals surface area contributed by atoms with Gasteiger partial charge in [0, 0.05) is 21.8 Å². The summed E-state index contributed by atoms with van der Waals surface area (Å²) < 4.78 is 2.11. The summed E-state index contributed by atoms with van der Waals surface area (Å²) in [6, 6.07) is 10.2. The van der Waals surface area contributed by atoms with Crippen molar-refractivity contribution in [1.82, 2.24) is 9.88 Å². The lowest BCUT2D eigenvalue weighted by Crippen LogP contribution is -2.33. The quantitative estimate of drug-likeness (QED) is 0.900. The Hall–Kier alpha value is -1.59. The van der Waals surface area contributed by atoms with E-state index in [-0.39, 0.29) is 24.1 Å². The molecule has 1 heterocycles. The molecular weight excluding hydrogens is 356 g/mol. The van der Waals surface area contributed by atoms with Crippen molar-refractivity contribution >= 4 is 33.4 Å². The lowest BCUT2D eigenvalue weighted by atomic mass is 10.1. The predicted molar refractivity (Wildman–Crippen MR) is 86.4 cm³/mol. The molecule has 0 bridgehead atoms. The Morgan fingerprint density at radius 2 is 1.95 bits per heavy atom. The minimum absolute atomic E-state index is 0.0177. The van der Waals surface area contributed by atoms with Crippen LogP contribution in [0.3, 0.4) is 0 Å². The molecule has 1 unspecified atom stereocenters. The van der Waals surface area contributed by atoms with Gasteiger partial charge >= 0.3 is 0 Å². The lowest BCUT2D eigenvalue weighted by Gasteiger charge is -2.15. The first kappa shape index (κ1) is 15.8. The van der Waals surface area contributed by atoms with Crippen LogP contribution in [0.1, 0.15) is 18.5 Å². The number of carbonyl (C=O) groups is 1. The number of hydrogen-bond acceptors (Lipinski definition) is 2. The summed E-state index contributed by atoms with van der Waals surface area (Å²) in [6.45, 7) is 1.86. The van der Waals surface area contributed by atoms with Crippen LogP contribution in [0.2, 0.25) is 5.02 Å². The first-order valence-electron chi connectivity index (χ1n) is 6.36. The van der Waals surface area contributed by atoms with Crippen LogP contribution in [0.15, 0.2) is 51.9 Å². The van der Waals surface area contributed by atoms with Gasteiger partial charge < -0.3 is 9.88 Å².